The third kappa shape index (κ3) is 4.33. The number of nitrogens with zero attached hydrogens (tertiary/aromatic N) is 1. The molecule has 1 N–H and O–H groups in total. The molecule has 4 nitrogen and oxygen atoms in total. The first-order valence-corrected chi connectivity index (χ1v) is 7.95. The van der Waals surface area contributed by atoms with Crippen LogP contribution in [-0.4, -0.2) is 29.3 Å². The fourth-order valence-electron chi connectivity index (χ4n) is 2.66. The van der Waals surface area contributed by atoms with Gasteiger partial charge in [0.15, 0.2) is 0 Å². The molecule has 22 heavy (non-hydrogen) atoms. The van der Waals surface area contributed by atoms with Gasteiger partial charge in [-0.15, -0.1) is 0 Å². The van der Waals surface area contributed by atoms with Crippen LogP contribution in [0.25, 0.3) is 0 Å². The molecule has 0 unspecified atom stereocenters. The van der Waals surface area contributed by atoms with E-state index in [2.05, 4.69) is 26.1 Å². The summed E-state index contributed by atoms with van der Waals surface area (Å²) < 4.78 is 0. The van der Waals surface area contributed by atoms with Crippen molar-refractivity contribution in [3.8, 4) is 0 Å². The zero-order valence-corrected chi connectivity index (χ0v) is 14.0. The van der Waals surface area contributed by atoms with E-state index in [9.17, 15) is 9.59 Å². The minimum Gasteiger partial charge on any atom is -0.339 e. The quantitative estimate of drug-likeness (QED) is 0.907. The molecule has 1 fully saturated rings. The molecule has 2 rings (SSSR count). The number of para-hydroxylation sites is 1. The van der Waals surface area contributed by atoms with Crippen molar-refractivity contribution in [3.05, 3.63) is 29.8 Å². The third-order valence-electron chi connectivity index (χ3n) is 3.98. The normalized spacial score (nSPS) is 14.5. The van der Waals surface area contributed by atoms with Crippen molar-refractivity contribution >= 4 is 17.5 Å². The molecule has 0 atom stereocenters. The maximum absolute atomic E-state index is 12.2. The van der Waals surface area contributed by atoms with Crippen LogP contribution in [0.2, 0.25) is 0 Å². The van der Waals surface area contributed by atoms with Gasteiger partial charge < -0.3 is 10.2 Å². The highest BCUT2D eigenvalue weighted by atomic mass is 16.2. The smallest absolute Gasteiger partial charge is 0.226 e. The molecule has 0 heterocycles. The maximum Gasteiger partial charge on any atom is 0.226 e. The van der Waals surface area contributed by atoms with Gasteiger partial charge in [0, 0.05) is 31.6 Å². The molecule has 1 aromatic rings. The summed E-state index contributed by atoms with van der Waals surface area (Å²) in [5.74, 6) is 0.0222. The summed E-state index contributed by atoms with van der Waals surface area (Å²) in [6.45, 7) is 8.46. The lowest BCUT2D eigenvalue weighted by Crippen LogP contribution is -2.34. The summed E-state index contributed by atoms with van der Waals surface area (Å²) in [5.41, 5.74) is 1.96. The zero-order valence-electron chi connectivity index (χ0n) is 14.0. The molecule has 2 amide bonds. The Morgan fingerprint density at radius 2 is 1.86 bits per heavy atom. The van der Waals surface area contributed by atoms with Gasteiger partial charge in [0.25, 0.3) is 0 Å². The molecule has 1 saturated carbocycles. The third-order valence-corrected chi connectivity index (χ3v) is 3.98. The fourth-order valence-corrected chi connectivity index (χ4v) is 2.66. The Kier molecular flexibility index (Phi) is 4.89. The molecule has 0 aliphatic heterocycles. The Labute approximate surface area is 132 Å². The predicted molar refractivity (Wildman–Crippen MR) is 88.8 cm³/mol. The number of rotatable bonds is 5. The monoisotopic (exact) mass is 302 g/mol. The highest BCUT2D eigenvalue weighted by Crippen LogP contribution is 2.29. The molecule has 4 heteroatoms. The molecule has 0 saturated heterocycles. The van der Waals surface area contributed by atoms with Gasteiger partial charge in [-0.2, -0.15) is 0 Å². The molecule has 0 bridgehead atoms. The van der Waals surface area contributed by atoms with E-state index >= 15 is 0 Å². The lowest BCUT2D eigenvalue weighted by molar-refractivity contribution is -0.129. The number of carbonyl (C=O) groups excluding carboxylic acids is 2. The number of nitrogens with one attached hydrogen (secondary N) is 1. The van der Waals surface area contributed by atoms with Crippen LogP contribution in [0.1, 0.15) is 52.5 Å². The van der Waals surface area contributed by atoms with E-state index in [1.807, 2.05) is 29.2 Å². The Morgan fingerprint density at radius 3 is 2.41 bits per heavy atom. The van der Waals surface area contributed by atoms with Gasteiger partial charge in [-0.05, 0) is 29.9 Å². The highest BCUT2D eigenvalue weighted by Gasteiger charge is 2.30. The van der Waals surface area contributed by atoms with E-state index in [0.717, 1.165) is 24.1 Å². The van der Waals surface area contributed by atoms with Gasteiger partial charge in [0.2, 0.25) is 11.8 Å². The van der Waals surface area contributed by atoms with Gasteiger partial charge >= 0.3 is 0 Å². The second-order valence-electron chi connectivity index (χ2n) is 7.04. The van der Waals surface area contributed by atoms with Crippen molar-refractivity contribution in [2.75, 3.05) is 11.9 Å². The van der Waals surface area contributed by atoms with Gasteiger partial charge in [-0.1, -0.05) is 39.0 Å². The summed E-state index contributed by atoms with van der Waals surface area (Å²) in [7, 11) is 0. The number of amides is 2. The largest absolute Gasteiger partial charge is 0.339 e. The van der Waals surface area contributed by atoms with Crippen molar-refractivity contribution < 1.29 is 9.59 Å². The van der Waals surface area contributed by atoms with Crippen LogP contribution in [0, 0.1) is 0 Å². The van der Waals surface area contributed by atoms with Gasteiger partial charge in [0.05, 0.1) is 0 Å². The minimum absolute atomic E-state index is 0.0245. The fraction of sp³-hybridized carbons (Fsp3) is 0.556. The number of hydrogen-bond acceptors (Lipinski definition) is 2. The molecule has 1 aliphatic carbocycles. The first-order chi connectivity index (χ1) is 10.3. The lowest BCUT2D eigenvalue weighted by atomic mass is 9.86. The summed E-state index contributed by atoms with van der Waals surface area (Å²) in [5, 5.41) is 2.99. The summed E-state index contributed by atoms with van der Waals surface area (Å²) in [6, 6.07) is 8.24. The van der Waals surface area contributed by atoms with Crippen LogP contribution >= 0.6 is 0 Å². The number of hydrogen-bond donors (Lipinski definition) is 1. The average molecular weight is 302 g/mol. The van der Waals surface area contributed by atoms with Crippen LogP contribution in [0.3, 0.4) is 0 Å². The Bertz CT molecular complexity index is 556. The molecule has 1 aliphatic rings. The summed E-state index contributed by atoms with van der Waals surface area (Å²) in [6.07, 6.45) is 2.47. The van der Waals surface area contributed by atoms with E-state index in [1.54, 1.807) is 6.92 Å². The topological polar surface area (TPSA) is 49.4 Å². The molecule has 0 radical (unpaired) electrons. The van der Waals surface area contributed by atoms with Gasteiger partial charge in [0.1, 0.15) is 0 Å². The van der Waals surface area contributed by atoms with Crippen molar-refractivity contribution in [1.29, 1.82) is 0 Å². The first-order valence-electron chi connectivity index (χ1n) is 7.95. The van der Waals surface area contributed by atoms with E-state index in [4.69, 9.17) is 0 Å². The standard InChI is InChI=1S/C18H26N2O2/c1-13(21)20(14-9-10-14)12-11-17(22)19-16-8-6-5-7-15(16)18(2,3)4/h5-8,14H,9-12H2,1-4H3,(H,19,22). The van der Waals surface area contributed by atoms with E-state index in [1.165, 1.54) is 0 Å². The first kappa shape index (κ1) is 16.5. The van der Waals surface area contributed by atoms with E-state index < -0.39 is 0 Å². The predicted octanol–water partition coefficient (Wildman–Crippen LogP) is 3.32. The van der Waals surface area contributed by atoms with Crippen LogP contribution in [0.15, 0.2) is 24.3 Å². The van der Waals surface area contributed by atoms with Crippen molar-refractivity contribution in [2.24, 2.45) is 0 Å². The molecule has 120 valence electrons. The van der Waals surface area contributed by atoms with Crippen LogP contribution < -0.4 is 5.32 Å². The van der Waals surface area contributed by atoms with E-state index in [-0.39, 0.29) is 17.2 Å². The number of benzene rings is 1. The minimum atomic E-state index is -0.0383. The number of anilines is 1. The van der Waals surface area contributed by atoms with Gasteiger partial charge in [-0.25, -0.2) is 0 Å². The van der Waals surface area contributed by atoms with Crippen LogP contribution in [-0.2, 0) is 15.0 Å². The van der Waals surface area contributed by atoms with Gasteiger partial charge in [-0.3, -0.25) is 9.59 Å². The summed E-state index contributed by atoms with van der Waals surface area (Å²) in [4.78, 5) is 25.6. The van der Waals surface area contributed by atoms with E-state index in [0.29, 0.717) is 19.0 Å². The van der Waals surface area contributed by atoms with Crippen molar-refractivity contribution in [3.63, 3.8) is 0 Å². The molecular weight excluding hydrogens is 276 g/mol. The molecule has 1 aromatic carbocycles. The zero-order chi connectivity index (χ0) is 16.3. The molecule has 0 aromatic heterocycles. The SMILES string of the molecule is CC(=O)N(CCC(=O)Nc1ccccc1C(C)(C)C)C1CC1. The second kappa shape index (κ2) is 6.51. The molecule has 0 spiro atoms. The second-order valence-corrected chi connectivity index (χ2v) is 7.04. The molecular formula is C18H26N2O2. The lowest BCUT2D eigenvalue weighted by Gasteiger charge is -2.24. The highest BCUT2D eigenvalue weighted by molar-refractivity contribution is 5.92. The van der Waals surface area contributed by atoms with Crippen molar-refractivity contribution in [2.45, 2.75) is 58.4 Å². The average Bonchev–Trinajstić information content (AvgIpc) is 3.22. The van der Waals surface area contributed by atoms with Crippen molar-refractivity contribution in [1.82, 2.24) is 4.90 Å². The van der Waals surface area contributed by atoms with Crippen LogP contribution in [0.5, 0.6) is 0 Å². The number of carbonyl (C=O) groups is 2. The Hall–Kier alpha value is -1.84. The Balaban J connectivity index is 1.96. The Morgan fingerprint density at radius 1 is 1.23 bits per heavy atom. The van der Waals surface area contributed by atoms with Crippen LogP contribution in [0.4, 0.5) is 5.69 Å². The summed E-state index contributed by atoms with van der Waals surface area (Å²) >= 11 is 0. The maximum atomic E-state index is 12.2.